The van der Waals surface area contributed by atoms with Gasteiger partial charge in [0, 0.05) is 6.54 Å². The summed E-state index contributed by atoms with van der Waals surface area (Å²) in [5, 5.41) is 3.45. The van der Waals surface area contributed by atoms with Crippen LogP contribution < -0.4 is 10.1 Å². The van der Waals surface area contributed by atoms with Crippen molar-refractivity contribution in [3.05, 3.63) is 64.7 Å². The van der Waals surface area contributed by atoms with Crippen LogP contribution in [0.4, 0.5) is 0 Å². The molecule has 112 valence electrons. The maximum Gasteiger partial charge on any atom is 0.120 e. The van der Waals surface area contributed by atoms with Crippen LogP contribution >= 0.6 is 0 Å². The molecule has 21 heavy (non-hydrogen) atoms. The Morgan fingerprint density at radius 2 is 1.71 bits per heavy atom. The van der Waals surface area contributed by atoms with E-state index in [0.29, 0.717) is 6.61 Å². The molecule has 0 radical (unpaired) electrons. The summed E-state index contributed by atoms with van der Waals surface area (Å²) < 4.78 is 5.95. The number of aryl methyl sites for hydroxylation is 2. The van der Waals surface area contributed by atoms with Gasteiger partial charge in [-0.1, -0.05) is 37.3 Å². The Kier molecular flexibility index (Phi) is 5.82. The Balaban J connectivity index is 2.00. The minimum absolute atomic E-state index is 0.618. The van der Waals surface area contributed by atoms with Gasteiger partial charge < -0.3 is 10.1 Å². The summed E-state index contributed by atoms with van der Waals surface area (Å²) in [6, 6.07) is 14.7. The van der Waals surface area contributed by atoms with Crippen molar-refractivity contribution in [2.45, 2.75) is 40.3 Å². The van der Waals surface area contributed by atoms with Crippen molar-refractivity contribution in [2.75, 3.05) is 6.54 Å². The fourth-order valence-electron chi connectivity index (χ4n) is 2.24. The minimum atomic E-state index is 0.618. The van der Waals surface area contributed by atoms with E-state index in [4.69, 9.17) is 4.74 Å². The summed E-state index contributed by atoms with van der Waals surface area (Å²) in [6.45, 7) is 8.99. The van der Waals surface area contributed by atoms with Crippen LogP contribution in [0.3, 0.4) is 0 Å². The highest BCUT2D eigenvalue weighted by Crippen LogP contribution is 2.19. The molecule has 0 aliphatic heterocycles. The molecule has 0 bridgehead atoms. The van der Waals surface area contributed by atoms with Gasteiger partial charge in [-0.25, -0.2) is 0 Å². The maximum absolute atomic E-state index is 5.95. The predicted octanol–water partition coefficient (Wildman–Crippen LogP) is 4.38. The van der Waals surface area contributed by atoms with E-state index in [1.165, 1.54) is 22.3 Å². The summed E-state index contributed by atoms with van der Waals surface area (Å²) in [4.78, 5) is 0. The molecule has 0 aromatic heterocycles. The molecule has 2 nitrogen and oxygen atoms in total. The van der Waals surface area contributed by atoms with E-state index in [0.717, 1.165) is 25.3 Å². The first-order valence-electron chi connectivity index (χ1n) is 7.68. The first-order chi connectivity index (χ1) is 10.2. The van der Waals surface area contributed by atoms with Crippen molar-refractivity contribution in [3.63, 3.8) is 0 Å². The Morgan fingerprint density at radius 3 is 2.43 bits per heavy atom. The van der Waals surface area contributed by atoms with Gasteiger partial charge in [0.2, 0.25) is 0 Å². The lowest BCUT2D eigenvalue weighted by atomic mass is 10.1. The Hall–Kier alpha value is -1.80. The molecule has 0 saturated carbocycles. The minimum Gasteiger partial charge on any atom is -0.489 e. The van der Waals surface area contributed by atoms with Crippen LogP contribution in [0.2, 0.25) is 0 Å². The SMILES string of the molecule is CCCNCc1ccccc1COc1ccc(C)c(C)c1. The fourth-order valence-corrected chi connectivity index (χ4v) is 2.24. The predicted molar refractivity (Wildman–Crippen MR) is 88.7 cm³/mol. The lowest BCUT2D eigenvalue weighted by molar-refractivity contribution is 0.304. The molecule has 0 unspecified atom stereocenters. The number of hydrogen-bond acceptors (Lipinski definition) is 2. The maximum atomic E-state index is 5.95. The first kappa shape index (κ1) is 15.6. The zero-order valence-electron chi connectivity index (χ0n) is 13.3. The number of rotatable bonds is 7. The van der Waals surface area contributed by atoms with E-state index < -0.39 is 0 Å². The quantitative estimate of drug-likeness (QED) is 0.761. The van der Waals surface area contributed by atoms with Crippen molar-refractivity contribution < 1.29 is 4.74 Å². The normalized spacial score (nSPS) is 10.6. The van der Waals surface area contributed by atoms with Gasteiger partial charge in [0.15, 0.2) is 0 Å². The lowest BCUT2D eigenvalue weighted by Crippen LogP contribution is -2.15. The Labute approximate surface area is 128 Å². The average Bonchev–Trinajstić information content (AvgIpc) is 2.50. The second-order valence-corrected chi connectivity index (χ2v) is 5.48. The standard InChI is InChI=1S/C19H25NO/c1-4-11-20-13-17-7-5-6-8-18(17)14-21-19-10-9-15(2)16(3)12-19/h5-10,12,20H,4,11,13-14H2,1-3H3. The summed E-state index contributed by atoms with van der Waals surface area (Å²) in [6.07, 6.45) is 1.15. The molecule has 0 saturated heterocycles. The van der Waals surface area contributed by atoms with Gasteiger partial charge in [-0.15, -0.1) is 0 Å². The van der Waals surface area contributed by atoms with Crippen molar-refractivity contribution in [3.8, 4) is 5.75 Å². The second kappa shape index (κ2) is 7.84. The van der Waals surface area contributed by atoms with Crippen LogP contribution in [-0.2, 0) is 13.2 Å². The highest BCUT2D eigenvalue weighted by Gasteiger charge is 2.03. The van der Waals surface area contributed by atoms with Gasteiger partial charge >= 0.3 is 0 Å². The van der Waals surface area contributed by atoms with E-state index in [9.17, 15) is 0 Å². The summed E-state index contributed by atoms with van der Waals surface area (Å²) in [5.41, 5.74) is 5.13. The zero-order chi connectivity index (χ0) is 15.1. The molecular formula is C19H25NO. The molecule has 0 aliphatic carbocycles. The molecular weight excluding hydrogens is 258 g/mol. The van der Waals surface area contributed by atoms with E-state index in [1.807, 2.05) is 6.07 Å². The van der Waals surface area contributed by atoms with E-state index in [1.54, 1.807) is 0 Å². The van der Waals surface area contributed by atoms with Gasteiger partial charge in [0.1, 0.15) is 12.4 Å². The van der Waals surface area contributed by atoms with E-state index in [-0.39, 0.29) is 0 Å². The van der Waals surface area contributed by atoms with Gasteiger partial charge in [0.25, 0.3) is 0 Å². The molecule has 1 N–H and O–H groups in total. The molecule has 0 atom stereocenters. The van der Waals surface area contributed by atoms with Crippen molar-refractivity contribution >= 4 is 0 Å². The fraction of sp³-hybridized carbons (Fsp3) is 0.368. The van der Waals surface area contributed by atoms with Gasteiger partial charge in [-0.3, -0.25) is 0 Å². The summed E-state index contributed by atoms with van der Waals surface area (Å²) >= 11 is 0. The molecule has 0 amide bonds. The molecule has 2 heteroatoms. The topological polar surface area (TPSA) is 21.3 Å². The van der Waals surface area contributed by atoms with Gasteiger partial charge in [-0.2, -0.15) is 0 Å². The van der Waals surface area contributed by atoms with Gasteiger partial charge in [-0.05, 0) is 61.2 Å². The molecule has 2 aromatic rings. The third-order valence-corrected chi connectivity index (χ3v) is 3.73. The Morgan fingerprint density at radius 1 is 0.952 bits per heavy atom. The largest absolute Gasteiger partial charge is 0.489 e. The summed E-state index contributed by atoms with van der Waals surface area (Å²) in [7, 11) is 0. The van der Waals surface area contributed by atoms with Crippen LogP contribution in [0, 0.1) is 13.8 Å². The highest BCUT2D eigenvalue weighted by atomic mass is 16.5. The van der Waals surface area contributed by atoms with Crippen LogP contribution in [0.25, 0.3) is 0 Å². The average molecular weight is 283 g/mol. The smallest absolute Gasteiger partial charge is 0.120 e. The third-order valence-electron chi connectivity index (χ3n) is 3.73. The molecule has 0 aliphatic rings. The number of hydrogen-bond donors (Lipinski definition) is 1. The highest BCUT2D eigenvalue weighted by molar-refractivity contribution is 5.34. The van der Waals surface area contributed by atoms with Crippen LogP contribution in [-0.4, -0.2) is 6.54 Å². The molecule has 2 aromatic carbocycles. The molecule has 0 spiro atoms. The number of nitrogens with one attached hydrogen (secondary N) is 1. The number of benzene rings is 2. The zero-order valence-corrected chi connectivity index (χ0v) is 13.3. The summed E-state index contributed by atoms with van der Waals surface area (Å²) in [5.74, 6) is 0.939. The van der Waals surface area contributed by atoms with Gasteiger partial charge in [0.05, 0.1) is 0 Å². The monoisotopic (exact) mass is 283 g/mol. The molecule has 0 heterocycles. The second-order valence-electron chi connectivity index (χ2n) is 5.48. The van der Waals surface area contributed by atoms with Crippen molar-refractivity contribution in [1.82, 2.24) is 5.32 Å². The van der Waals surface area contributed by atoms with Crippen molar-refractivity contribution in [2.24, 2.45) is 0 Å². The number of ether oxygens (including phenoxy) is 1. The van der Waals surface area contributed by atoms with Crippen LogP contribution in [0.15, 0.2) is 42.5 Å². The molecule has 0 fully saturated rings. The van der Waals surface area contributed by atoms with E-state index in [2.05, 4.69) is 62.5 Å². The molecule has 2 rings (SSSR count). The van der Waals surface area contributed by atoms with Crippen LogP contribution in [0.1, 0.15) is 35.6 Å². The Bertz CT molecular complexity index is 578. The first-order valence-corrected chi connectivity index (χ1v) is 7.68. The van der Waals surface area contributed by atoms with Crippen molar-refractivity contribution in [1.29, 1.82) is 0 Å². The third kappa shape index (κ3) is 4.61. The lowest BCUT2D eigenvalue weighted by Gasteiger charge is -2.12. The van der Waals surface area contributed by atoms with Crippen LogP contribution in [0.5, 0.6) is 5.75 Å². The van der Waals surface area contributed by atoms with E-state index >= 15 is 0 Å².